The first kappa shape index (κ1) is 23.1. The van der Waals surface area contributed by atoms with Gasteiger partial charge in [0, 0.05) is 48.3 Å². The quantitative estimate of drug-likeness (QED) is 0.511. The Kier molecular flexibility index (Phi) is 6.58. The van der Waals surface area contributed by atoms with Crippen LogP contribution in [0, 0.1) is 0 Å². The van der Waals surface area contributed by atoms with Crippen LogP contribution in [-0.2, 0) is 6.61 Å². The van der Waals surface area contributed by atoms with Gasteiger partial charge in [-0.15, -0.1) is 0 Å². The highest BCUT2D eigenvalue weighted by molar-refractivity contribution is 7.08. The molecule has 0 aliphatic carbocycles. The Morgan fingerprint density at radius 1 is 1.27 bits per heavy atom. The SMILES string of the molecule is COc1cc2c(cc1C=C(C)C)-c1c(c(C(=O)N(C)CCN(C)C)nn1-c1ccsc1)CO2. The topological polar surface area (TPSA) is 59.8 Å². The van der Waals surface area contributed by atoms with Gasteiger partial charge < -0.3 is 19.3 Å². The molecular formula is C25H30N4O3S. The standard InChI is InChI=1S/C25H30N4O3S/c1-16(2)11-17-12-19-22(13-21(17)31-6)32-14-20-23(25(30)28(5)9-8-27(3)4)26-29(24(19)20)18-7-10-33-15-18/h7,10-13,15H,8-9,14H2,1-6H3. The lowest BCUT2D eigenvalue weighted by atomic mass is 9.98. The highest BCUT2D eigenvalue weighted by Gasteiger charge is 2.32. The molecule has 0 radical (unpaired) electrons. The van der Waals surface area contributed by atoms with Crippen molar-refractivity contribution in [2.45, 2.75) is 20.5 Å². The number of amides is 1. The summed E-state index contributed by atoms with van der Waals surface area (Å²) in [6, 6.07) is 5.99. The first-order valence-corrected chi connectivity index (χ1v) is 11.8. The smallest absolute Gasteiger partial charge is 0.274 e. The summed E-state index contributed by atoms with van der Waals surface area (Å²) in [5.41, 5.74) is 6.09. The zero-order valence-electron chi connectivity index (χ0n) is 20.0. The maximum atomic E-state index is 13.4. The molecule has 0 saturated heterocycles. The van der Waals surface area contributed by atoms with Crippen molar-refractivity contribution in [2.75, 3.05) is 41.3 Å². The summed E-state index contributed by atoms with van der Waals surface area (Å²) in [4.78, 5) is 17.2. The van der Waals surface area contributed by atoms with Crippen LogP contribution in [-0.4, -0.2) is 66.8 Å². The van der Waals surface area contributed by atoms with Crippen LogP contribution in [0.25, 0.3) is 23.0 Å². The molecule has 2 aromatic heterocycles. The van der Waals surface area contributed by atoms with E-state index < -0.39 is 0 Å². The molecule has 1 aromatic carbocycles. The third-order valence-electron chi connectivity index (χ3n) is 5.57. The second-order valence-electron chi connectivity index (χ2n) is 8.70. The molecule has 0 unspecified atom stereocenters. The number of allylic oxidation sites excluding steroid dienone is 1. The fourth-order valence-electron chi connectivity index (χ4n) is 3.87. The number of nitrogens with zero attached hydrogens (tertiary/aromatic N) is 4. The minimum absolute atomic E-state index is 0.104. The number of hydrogen-bond acceptors (Lipinski definition) is 6. The van der Waals surface area contributed by atoms with Crippen LogP contribution >= 0.6 is 11.3 Å². The Bertz CT molecular complexity index is 1190. The Morgan fingerprint density at radius 3 is 2.70 bits per heavy atom. The van der Waals surface area contributed by atoms with E-state index in [4.69, 9.17) is 14.6 Å². The Balaban J connectivity index is 1.88. The van der Waals surface area contributed by atoms with Crippen molar-refractivity contribution in [3.05, 3.63) is 51.4 Å². The number of likely N-dealkylation sites (N-methyl/N-ethyl adjacent to an activating group) is 2. The summed E-state index contributed by atoms with van der Waals surface area (Å²) < 4.78 is 13.6. The summed E-state index contributed by atoms with van der Waals surface area (Å²) in [5, 5.41) is 8.85. The molecule has 7 nitrogen and oxygen atoms in total. The molecule has 174 valence electrons. The minimum atomic E-state index is -0.104. The predicted octanol–water partition coefficient (Wildman–Crippen LogP) is 4.56. The van der Waals surface area contributed by atoms with Crippen molar-refractivity contribution in [2.24, 2.45) is 0 Å². The van der Waals surface area contributed by atoms with Crippen LogP contribution in [0.4, 0.5) is 0 Å². The third kappa shape index (κ3) is 4.54. The van der Waals surface area contributed by atoms with Gasteiger partial charge >= 0.3 is 0 Å². The number of thiophene rings is 1. The molecule has 33 heavy (non-hydrogen) atoms. The van der Waals surface area contributed by atoms with Gasteiger partial charge in [0.15, 0.2) is 5.69 Å². The summed E-state index contributed by atoms with van der Waals surface area (Å²) >= 11 is 1.60. The van der Waals surface area contributed by atoms with Crippen molar-refractivity contribution in [1.82, 2.24) is 19.6 Å². The van der Waals surface area contributed by atoms with E-state index in [1.54, 1.807) is 23.3 Å². The number of ether oxygens (including phenoxy) is 2. The Hall–Kier alpha value is -3.10. The number of aromatic nitrogens is 2. The summed E-state index contributed by atoms with van der Waals surface area (Å²) in [6.45, 7) is 5.78. The maximum absolute atomic E-state index is 13.4. The molecule has 0 bridgehead atoms. The first-order chi connectivity index (χ1) is 15.8. The minimum Gasteiger partial charge on any atom is -0.496 e. The number of methoxy groups -OCH3 is 1. The van der Waals surface area contributed by atoms with Gasteiger partial charge in [-0.1, -0.05) is 11.6 Å². The zero-order valence-corrected chi connectivity index (χ0v) is 20.8. The zero-order chi connectivity index (χ0) is 23.7. The fraction of sp³-hybridized carbons (Fsp3) is 0.360. The van der Waals surface area contributed by atoms with Crippen molar-refractivity contribution < 1.29 is 14.3 Å². The van der Waals surface area contributed by atoms with Crippen molar-refractivity contribution in [3.8, 4) is 28.4 Å². The number of benzene rings is 1. The van der Waals surface area contributed by atoms with Crippen molar-refractivity contribution in [3.63, 3.8) is 0 Å². The molecule has 0 fully saturated rings. The Morgan fingerprint density at radius 2 is 2.06 bits per heavy atom. The van der Waals surface area contributed by atoms with E-state index in [9.17, 15) is 4.79 Å². The van der Waals surface area contributed by atoms with E-state index in [-0.39, 0.29) is 12.5 Å². The van der Waals surface area contributed by atoms with Gasteiger partial charge in [0.25, 0.3) is 5.91 Å². The average molecular weight is 467 g/mol. The summed E-state index contributed by atoms with van der Waals surface area (Å²) in [6.07, 6.45) is 2.08. The second kappa shape index (κ2) is 9.41. The highest BCUT2D eigenvalue weighted by Crippen LogP contribution is 2.44. The Labute approximate surface area is 198 Å². The fourth-order valence-corrected chi connectivity index (χ4v) is 4.48. The molecule has 3 heterocycles. The van der Waals surface area contributed by atoms with Gasteiger partial charge in [0.1, 0.15) is 18.1 Å². The van der Waals surface area contributed by atoms with Gasteiger partial charge in [-0.05, 0) is 45.5 Å². The summed E-state index contributed by atoms with van der Waals surface area (Å²) in [7, 11) is 7.47. The molecule has 1 aliphatic rings. The summed E-state index contributed by atoms with van der Waals surface area (Å²) in [5.74, 6) is 1.37. The molecule has 0 N–H and O–H groups in total. The molecule has 8 heteroatoms. The van der Waals surface area contributed by atoms with Gasteiger partial charge in [-0.2, -0.15) is 16.4 Å². The van der Waals surface area contributed by atoms with Crippen LogP contribution < -0.4 is 9.47 Å². The molecule has 0 atom stereocenters. The molecule has 0 spiro atoms. The third-order valence-corrected chi connectivity index (χ3v) is 6.24. The number of rotatable bonds is 7. The molecular weight excluding hydrogens is 436 g/mol. The van der Waals surface area contributed by atoms with Gasteiger partial charge in [0.2, 0.25) is 0 Å². The van der Waals surface area contributed by atoms with Crippen LogP contribution in [0.3, 0.4) is 0 Å². The van der Waals surface area contributed by atoms with Crippen molar-refractivity contribution >= 4 is 23.3 Å². The maximum Gasteiger partial charge on any atom is 0.274 e. The molecule has 4 rings (SSSR count). The van der Waals surface area contributed by atoms with Gasteiger partial charge in [0.05, 0.1) is 18.5 Å². The molecule has 3 aromatic rings. The van der Waals surface area contributed by atoms with Gasteiger partial charge in [-0.25, -0.2) is 4.68 Å². The normalized spacial score (nSPS) is 12.1. The number of carbonyl (C=O) groups is 1. The lowest BCUT2D eigenvalue weighted by molar-refractivity contribution is 0.0777. The van der Waals surface area contributed by atoms with E-state index in [0.29, 0.717) is 12.2 Å². The first-order valence-electron chi connectivity index (χ1n) is 10.8. The molecule has 1 aliphatic heterocycles. The van der Waals surface area contributed by atoms with Crippen LogP contribution in [0.2, 0.25) is 0 Å². The van der Waals surface area contributed by atoms with E-state index >= 15 is 0 Å². The van der Waals surface area contributed by atoms with E-state index in [1.807, 2.05) is 48.7 Å². The van der Waals surface area contributed by atoms with Crippen molar-refractivity contribution in [1.29, 1.82) is 0 Å². The lowest BCUT2D eigenvalue weighted by Crippen LogP contribution is -2.34. The van der Waals surface area contributed by atoms with E-state index in [0.717, 1.165) is 51.7 Å². The van der Waals surface area contributed by atoms with Gasteiger partial charge in [-0.3, -0.25) is 4.79 Å². The van der Waals surface area contributed by atoms with E-state index in [2.05, 4.69) is 30.9 Å². The second-order valence-corrected chi connectivity index (χ2v) is 9.48. The average Bonchev–Trinajstić information content (AvgIpc) is 3.44. The van der Waals surface area contributed by atoms with Crippen LogP contribution in [0.5, 0.6) is 11.5 Å². The lowest BCUT2D eigenvalue weighted by Gasteiger charge is -2.22. The molecule has 0 saturated carbocycles. The number of carbonyl (C=O) groups excluding carboxylic acids is 1. The monoisotopic (exact) mass is 466 g/mol. The number of hydrogen-bond donors (Lipinski definition) is 0. The predicted molar refractivity (Wildman–Crippen MR) is 133 cm³/mol. The largest absolute Gasteiger partial charge is 0.496 e. The number of fused-ring (bicyclic) bond motifs is 3. The van der Waals surface area contributed by atoms with E-state index in [1.165, 1.54) is 0 Å². The van der Waals surface area contributed by atoms with Crippen LogP contribution in [0.1, 0.15) is 35.5 Å². The highest BCUT2D eigenvalue weighted by atomic mass is 32.1. The van der Waals surface area contributed by atoms with Crippen LogP contribution in [0.15, 0.2) is 34.5 Å². The molecule has 1 amide bonds.